The van der Waals surface area contributed by atoms with Gasteiger partial charge in [0, 0.05) is 19.1 Å². The molecule has 0 aliphatic carbocycles. The van der Waals surface area contributed by atoms with E-state index < -0.39 is 0 Å². The van der Waals surface area contributed by atoms with Crippen LogP contribution in [0.15, 0.2) is 12.7 Å². The van der Waals surface area contributed by atoms with Gasteiger partial charge in [0.15, 0.2) is 0 Å². The van der Waals surface area contributed by atoms with Gasteiger partial charge in [-0.15, -0.1) is 0 Å². The van der Waals surface area contributed by atoms with E-state index in [-0.39, 0.29) is 6.10 Å². The molecule has 0 spiro atoms. The van der Waals surface area contributed by atoms with Crippen LogP contribution >= 0.6 is 0 Å². The minimum atomic E-state index is -0.250. The van der Waals surface area contributed by atoms with Gasteiger partial charge in [0.2, 0.25) is 0 Å². The molecule has 0 saturated carbocycles. The van der Waals surface area contributed by atoms with Gasteiger partial charge in [-0.05, 0) is 51.2 Å². The third-order valence-electron chi connectivity index (χ3n) is 5.40. The first kappa shape index (κ1) is 16.9. The molecular formula is C17H31N5O. The van der Waals surface area contributed by atoms with Crippen LogP contribution in [0.1, 0.15) is 39.0 Å². The first-order valence-electron chi connectivity index (χ1n) is 9.17. The van der Waals surface area contributed by atoms with E-state index >= 15 is 0 Å². The van der Waals surface area contributed by atoms with Gasteiger partial charge in [0.25, 0.3) is 0 Å². The molecule has 0 amide bonds. The van der Waals surface area contributed by atoms with Crippen molar-refractivity contribution >= 4 is 0 Å². The number of aromatic nitrogens is 3. The van der Waals surface area contributed by atoms with E-state index in [2.05, 4.69) is 26.8 Å². The molecule has 2 saturated heterocycles. The van der Waals surface area contributed by atoms with E-state index in [1.54, 1.807) is 12.7 Å². The summed E-state index contributed by atoms with van der Waals surface area (Å²) in [6.45, 7) is 8.18. The molecule has 6 heteroatoms. The molecule has 130 valence electrons. The third kappa shape index (κ3) is 4.99. The predicted octanol–water partition coefficient (Wildman–Crippen LogP) is 1.23. The predicted molar refractivity (Wildman–Crippen MR) is 90.1 cm³/mol. The molecule has 2 aliphatic rings. The summed E-state index contributed by atoms with van der Waals surface area (Å²) in [5.41, 5.74) is 0. The molecule has 0 bridgehead atoms. The second-order valence-corrected chi connectivity index (χ2v) is 7.40. The van der Waals surface area contributed by atoms with Crippen LogP contribution in [0.2, 0.25) is 0 Å². The van der Waals surface area contributed by atoms with E-state index in [0.717, 1.165) is 45.2 Å². The van der Waals surface area contributed by atoms with Crippen LogP contribution in [0, 0.1) is 5.92 Å². The number of likely N-dealkylation sites (tertiary alicyclic amines) is 2. The molecule has 6 nitrogen and oxygen atoms in total. The van der Waals surface area contributed by atoms with E-state index in [0.29, 0.717) is 6.04 Å². The number of hydrogen-bond acceptors (Lipinski definition) is 5. The Hall–Kier alpha value is -0.980. The molecule has 0 aromatic carbocycles. The zero-order valence-corrected chi connectivity index (χ0v) is 14.3. The molecule has 2 fully saturated rings. The van der Waals surface area contributed by atoms with Crippen LogP contribution in [-0.4, -0.2) is 74.5 Å². The van der Waals surface area contributed by atoms with E-state index in [4.69, 9.17) is 0 Å². The van der Waals surface area contributed by atoms with Crippen molar-refractivity contribution in [3.63, 3.8) is 0 Å². The van der Waals surface area contributed by atoms with Crippen LogP contribution in [0.5, 0.6) is 0 Å². The largest absolute Gasteiger partial charge is 0.390 e. The Kier molecular flexibility index (Phi) is 6.02. The number of aliphatic hydroxyl groups excluding tert-OH is 1. The lowest BCUT2D eigenvalue weighted by molar-refractivity contribution is 0.0322. The first-order valence-corrected chi connectivity index (χ1v) is 9.17. The van der Waals surface area contributed by atoms with Gasteiger partial charge in [-0.25, -0.2) is 4.98 Å². The molecular weight excluding hydrogens is 290 g/mol. The lowest BCUT2D eigenvalue weighted by atomic mass is 9.98. The van der Waals surface area contributed by atoms with Crippen LogP contribution in [-0.2, 0) is 6.54 Å². The molecule has 23 heavy (non-hydrogen) atoms. The van der Waals surface area contributed by atoms with Crippen molar-refractivity contribution in [2.45, 2.75) is 57.7 Å². The summed E-state index contributed by atoms with van der Waals surface area (Å²) in [4.78, 5) is 8.93. The number of hydrogen-bond donors (Lipinski definition) is 1. The monoisotopic (exact) mass is 321 g/mol. The van der Waals surface area contributed by atoms with Gasteiger partial charge < -0.3 is 10.0 Å². The molecule has 2 aliphatic heterocycles. The summed E-state index contributed by atoms with van der Waals surface area (Å²) in [6.07, 6.45) is 9.37. The molecule has 0 unspecified atom stereocenters. The number of aliphatic hydroxyl groups is 1. The van der Waals surface area contributed by atoms with Crippen molar-refractivity contribution < 1.29 is 5.11 Å². The van der Waals surface area contributed by atoms with Crippen LogP contribution in [0.25, 0.3) is 0 Å². The number of rotatable bonds is 6. The number of nitrogens with zero attached hydrogens (tertiary/aromatic N) is 5. The quantitative estimate of drug-likeness (QED) is 0.854. The SMILES string of the molecule is CC1CCN(C[C@H](O)CN2CCCC[C@H]2Cn2cncn2)CC1. The fraction of sp³-hybridized carbons (Fsp3) is 0.882. The van der Waals surface area contributed by atoms with Gasteiger partial charge in [0.05, 0.1) is 12.6 Å². The van der Waals surface area contributed by atoms with Crippen molar-refractivity contribution in [2.75, 3.05) is 32.7 Å². The minimum Gasteiger partial charge on any atom is -0.390 e. The fourth-order valence-electron chi connectivity index (χ4n) is 3.92. The Bertz CT molecular complexity index is 444. The Balaban J connectivity index is 1.48. The van der Waals surface area contributed by atoms with Crippen molar-refractivity contribution in [2.24, 2.45) is 5.92 Å². The zero-order chi connectivity index (χ0) is 16.1. The van der Waals surface area contributed by atoms with Crippen molar-refractivity contribution in [3.8, 4) is 0 Å². The Morgan fingerprint density at radius 2 is 1.96 bits per heavy atom. The van der Waals surface area contributed by atoms with E-state index in [9.17, 15) is 5.11 Å². The maximum Gasteiger partial charge on any atom is 0.137 e. The third-order valence-corrected chi connectivity index (χ3v) is 5.40. The highest BCUT2D eigenvalue weighted by Crippen LogP contribution is 2.20. The van der Waals surface area contributed by atoms with Crippen LogP contribution in [0.3, 0.4) is 0 Å². The van der Waals surface area contributed by atoms with Gasteiger partial charge >= 0.3 is 0 Å². The van der Waals surface area contributed by atoms with Crippen molar-refractivity contribution in [1.82, 2.24) is 24.6 Å². The Labute approximate surface area is 139 Å². The average Bonchev–Trinajstić information content (AvgIpc) is 3.05. The molecule has 3 heterocycles. The summed E-state index contributed by atoms with van der Waals surface area (Å²) in [5, 5.41) is 14.8. The highest BCUT2D eigenvalue weighted by molar-refractivity contribution is 4.81. The zero-order valence-electron chi connectivity index (χ0n) is 14.3. The van der Waals surface area contributed by atoms with E-state index in [1.165, 1.54) is 32.1 Å². The lowest BCUT2D eigenvalue weighted by Crippen LogP contribution is -2.49. The lowest BCUT2D eigenvalue weighted by Gasteiger charge is -2.38. The number of β-amino-alcohol motifs (C(OH)–C–C–N with tert-alkyl or cyclic N) is 1. The highest BCUT2D eigenvalue weighted by Gasteiger charge is 2.26. The maximum atomic E-state index is 10.5. The second-order valence-electron chi connectivity index (χ2n) is 7.40. The van der Waals surface area contributed by atoms with Gasteiger partial charge in [0.1, 0.15) is 12.7 Å². The van der Waals surface area contributed by atoms with E-state index in [1.807, 2.05) is 4.68 Å². The number of piperidine rings is 2. The van der Waals surface area contributed by atoms with Gasteiger partial charge in [-0.3, -0.25) is 9.58 Å². The Morgan fingerprint density at radius 1 is 1.13 bits per heavy atom. The smallest absolute Gasteiger partial charge is 0.137 e. The summed E-state index contributed by atoms with van der Waals surface area (Å²) in [7, 11) is 0. The summed E-state index contributed by atoms with van der Waals surface area (Å²) < 4.78 is 1.92. The first-order chi connectivity index (χ1) is 11.2. The molecule has 3 rings (SSSR count). The molecule has 1 aromatic heterocycles. The van der Waals surface area contributed by atoms with Crippen molar-refractivity contribution in [1.29, 1.82) is 0 Å². The summed E-state index contributed by atoms with van der Waals surface area (Å²) in [6, 6.07) is 0.474. The van der Waals surface area contributed by atoms with Gasteiger partial charge in [-0.1, -0.05) is 13.3 Å². The summed E-state index contributed by atoms with van der Waals surface area (Å²) in [5.74, 6) is 0.845. The molecule has 2 atom stereocenters. The average molecular weight is 321 g/mol. The topological polar surface area (TPSA) is 57.4 Å². The highest BCUT2D eigenvalue weighted by atomic mass is 16.3. The molecule has 1 aromatic rings. The molecule has 1 N–H and O–H groups in total. The van der Waals surface area contributed by atoms with Crippen LogP contribution in [0.4, 0.5) is 0 Å². The standard InChI is InChI=1S/C17H31N5O/c1-15-5-8-20(9-6-15)11-17(23)12-21-7-3-2-4-16(21)10-22-14-18-13-19-22/h13-17,23H,2-12H2,1H3/t16-,17-/m0/s1. The molecule has 0 radical (unpaired) electrons. The maximum absolute atomic E-state index is 10.5. The Morgan fingerprint density at radius 3 is 2.70 bits per heavy atom. The van der Waals surface area contributed by atoms with Gasteiger partial charge in [-0.2, -0.15) is 5.10 Å². The minimum absolute atomic E-state index is 0.250. The van der Waals surface area contributed by atoms with Crippen molar-refractivity contribution in [3.05, 3.63) is 12.7 Å². The normalized spacial score (nSPS) is 26.4. The van der Waals surface area contributed by atoms with Crippen LogP contribution < -0.4 is 0 Å². The fourth-order valence-corrected chi connectivity index (χ4v) is 3.92. The summed E-state index contributed by atoms with van der Waals surface area (Å²) >= 11 is 0. The second kappa shape index (κ2) is 8.22.